The molecule has 3 rings (SSSR count). The van der Waals surface area contributed by atoms with Crippen LogP contribution in [0, 0.1) is 3.57 Å². The highest BCUT2D eigenvalue weighted by Crippen LogP contribution is 2.37. The summed E-state index contributed by atoms with van der Waals surface area (Å²) < 4.78 is 18.0. The maximum atomic E-state index is 13.8. The van der Waals surface area contributed by atoms with Crippen LogP contribution in [0.2, 0.25) is 0 Å². The van der Waals surface area contributed by atoms with Crippen molar-refractivity contribution >= 4 is 34.4 Å². The number of carbonyl (C=O) groups is 2. The van der Waals surface area contributed by atoms with E-state index in [1.54, 1.807) is 23.1 Å². The van der Waals surface area contributed by atoms with Gasteiger partial charge in [0.05, 0.1) is 43.1 Å². The lowest BCUT2D eigenvalue weighted by atomic mass is 9.87. The summed E-state index contributed by atoms with van der Waals surface area (Å²) in [6, 6.07) is 2.73. The monoisotopic (exact) mass is 717 g/mol. The number of ether oxygens (including phenoxy) is 3. The minimum Gasteiger partial charge on any atom is -0.493 e. The number of carbonyl (C=O) groups excluding carboxylic acids is 2. The molecule has 1 aromatic carbocycles. The van der Waals surface area contributed by atoms with Crippen molar-refractivity contribution in [1.82, 2.24) is 15.1 Å². The number of methoxy groups -OCH3 is 1. The van der Waals surface area contributed by atoms with Crippen molar-refractivity contribution in [1.29, 1.82) is 0 Å². The third-order valence-corrected chi connectivity index (χ3v) is 8.72. The van der Waals surface area contributed by atoms with Crippen LogP contribution in [0.4, 0.5) is 0 Å². The second-order valence-corrected chi connectivity index (χ2v) is 12.2. The molecule has 0 radical (unpaired) electrons. The van der Waals surface area contributed by atoms with E-state index in [0.29, 0.717) is 58.9 Å². The van der Waals surface area contributed by atoms with Gasteiger partial charge in [0.1, 0.15) is 12.2 Å². The lowest BCUT2D eigenvalue weighted by Crippen LogP contribution is -2.56. The zero-order chi connectivity index (χ0) is 31.2. The summed E-state index contributed by atoms with van der Waals surface area (Å²) in [4.78, 5) is 30.9. The van der Waals surface area contributed by atoms with E-state index in [4.69, 9.17) is 14.2 Å². The fourth-order valence-corrected chi connectivity index (χ4v) is 6.26. The number of benzene rings is 1. The predicted octanol–water partition coefficient (Wildman–Crippen LogP) is 2.23. The van der Waals surface area contributed by atoms with Crippen LogP contribution in [0.15, 0.2) is 23.8 Å². The van der Waals surface area contributed by atoms with E-state index in [-0.39, 0.29) is 38.0 Å². The van der Waals surface area contributed by atoms with Gasteiger partial charge in [-0.2, -0.15) is 0 Å². The molecule has 2 amide bonds. The number of nitrogens with zero attached hydrogens (tertiary/aromatic N) is 2. The Hall–Kier alpha value is -1.97. The molecule has 1 saturated heterocycles. The van der Waals surface area contributed by atoms with Crippen LogP contribution >= 0.6 is 22.6 Å². The van der Waals surface area contributed by atoms with Gasteiger partial charge in [-0.05, 0) is 52.8 Å². The van der Waals surface area contributed by atoms with Crippen molar-refractivity contribution in [3.05, 3.63) is 32.9 Å². The first-order chi connectivity index (χ1) is 20.8. The van der Waals surface area contributed by atoms with E-state index in [1.807, 2.05) is 0 Å². The number of amides is 2. The molecule has 2 aliphatic rings. The molecule has 0 spiro atoms. The summed E-state index contributed by atoms with van der Waals surface area (Å²) in [6.45, 7) is 5.71. The first-order valence-electron chi connectivity index (χ1n) is 15.3. The maximum Gasteiger partial charge on any atom is 0.247 e. The van der Waals surface area contributed by atoms with E-state index in [9.17, 15) is 24.9 Å². The fraction of sp³-hybridized carbons (Fsp3) is 0.677. The average Bonchev–Trinajstić information content (AvgIpc) is 3.02. The van der Waals surface area contributed by atoms with Crippen molar-refractivity contribution in [2.45, 2.75) is 76.7 Å². The molecule has 11 nitrogen and oxygen atoms in total. The van der Waals surface area contributed by atoms with Gasteiger partial charge in [-0.25, -0.2) is 0 Å². The predicted molar refractivity (Wildman–Crippen MR) is 171 cm³/mol. The lowest BCUT2D eigenvalue weighted by Gasteiger charge is -2.41. The number of hydrogen-bond donors (Lipinski definition) is 4. The van der Waals surface area contributed by atoms with Crippen molar-refractivity contribution in [3.8, 4) is 11.5 Å². The zero-order valence-corrected chi connectivity index (χ0v) is 27.6. The summed E-state index contributed by atoms with van der Waals surface area (Å²) >= 11 is 2.08. The molecule has 3 atom stereocenters. The van der Waals surface area contributed by atoms with Gasteiger partial charge in [0.15, 0.2) is 11.5 Å². The summed E-state index contributed by atoms with van der Waals surface area (Å²) in [5.74, 6) is 0.330. The molecule has 4 N–H and O–H groups in total. The quantitative estimate of drug-likeness (QED) is 0.141. The molecule has 1 heterocycles. The first kappa shape index (κ1) is 35.5. The second kappa shape index (κ2) is 18.7. The number of aliphatic hydroxyl groups is 3. The Labute approximate surface area is 268 Å². The molecule has 12 heteroatoms. The standard InChI is InChI=1S/C31H48IN3O8/c1-3-4-5-6-7-8-28(38)35(11-10-34-12-15-42-16-13-34)25-19-23(31(40)33-9-14-36)20-26(29(25)39)43-30-24(32)17-22(21-37)18-27(30)41-2/h17-18,20,25-26,29,36-37,39H,3-16,19,21H2,1-2H3,(H,33,40). The van der Waals surface area contributed by atoms with Crippen LogP contribution in [0.5, 0.6) is 11.5 Å². The highest BCUT2D eigenvalue weighted by Gasteiger charge is 2.41. The number of morpholine rings is 1. The van der Waals surface area contributed by atoms with Crippen LogP contribution in [0.1, 0.15) is 57.4 Å². The minimum atomic E-state index is -1.12. The SMILES string of the molecule is CCCCCCCC(=O)N(CCN1CCOCC1)C1CC(C(=O)NCCO)=CC(Oc2c(I)cc(CO)cc2OC)C1O. The molecule has 0 aromatic heterocycles. The van der Waals surface area contributed by atoms with Crippen LogP contribution in [-0.4, -0.2) is 115 Å². The Morgan fingerprint density at radius 1 is 1.16 bits per heavy atom. The molecule has 0 bridgehead atoms. The fourth-order valence-electron chi connectivity index (χ4n) is 5.47. The topological polar surface area (TPSA) is 141 Å². The van der Waals surface area contributed by atoms with Gasteiger partial charge in [-0.1, -0.05) is 32.6 Å². The summed E-state index contributed by atoms with van der Waals surface area (Å²) in [5.41, 5.74) is 1.02. The van der Waals surface area contributed by atoms with Crippen molar-refractivity contribution < 1.29 is 39.1 Å². The number of rotatable bonds is 17. The Kier molecular flexibility index (Phi) is 15.5. The molecule has 43 heavy (non-hydrogen) atoms. The minimum absolute atomic E-state index is 0.0518. The van der Waals surface area contributed by atoms with Crippen LogP contribution in [0.3, 0.4) is 0 Å². The third kappa shape index (κ3) is 10.6. The van der Waals surface area contributed by atoms with Gasteiger partial charge in [0.25, 0.3) is 0 Å². The van der Waals surface area contributed by atoms with Gasteiger partial charge in [0, 0.05) is 51.1 Å². The van der Waals surface area contributed by atoms with Crippen LogP contribution in [-0.2, 0) is 20.9 Å². The molecule has 1 aliphatic heterocycles. The van der Waals surface area contributed by atoms with Crippen molar-refractivity contribution in [3.63, 3.8) is 0 Å². The third-order valence-electron chi connectivity index (χ3n) is 7.92. The Morgan fingerprint density at radius 3 is 2.58 bits per heavy atom. The van der Waals surface area contributed by atoms with Crippen LogP contribution < -0.4 is 14.8 Å². The molecule has 1 aliphatic carbocycles. The molecule has 0 saturated carbocycles. The van der Waals surface area contributed by atoms with E-state index >= 15 is 0 Å². The smallest absolute Gasteiger partial charge is 0.247 e. The molecule has 1 fully saturated rings. The molecule has 242 valence electrons. The van der Waals surface area contributed by atoms with Gasteiger partial charge in [0.2, 0.25) is 11.8 Å². The van der Waals surface area contributed by atoms with Gasteiger partial charge in [-0.3, -0.25) is 14.5 Å². The number of halogens is 1. The van der Waals surface area contributed by atoms with Crippen molar-refractivity contribution in [2.24, 2.45) is 0 Å². The van der Waals surface area contributed by atoms with Gasteiger partial charge in [-0.15, -0.1) is 0 Å². The van der Waals surface area contributed by atoms with E-state index in [0.717, 1.165) is 45.2 Å². The normalized spacial score (nSPS) is 20.8. The largest absolute Gasteiger partial charge is 0.493 e. The maximum absolute atomic E-state index is 13.8. The number of hydrogen-bond acceptors (Lipinski definition) is 9. The van der Waals surface area contributed by atoms with E-state index < -0.39 is 18.2 Å². The zero-order valence-electron chi connectivity index (χ0n) is 25.4. The highest BCUT2D eigenvalue weighted by molar-refractivity contribution is 14.1. The van der Waals surface area contributed by atoms with Gasteiger partial charge < -0.3 is 39.7 Å². The summed E-state index contributed by atoms with van der Waals surface area (Å²) in [6.07, 6.45) is 5.09. The first-order valence-corrected chi connectivity index (χ1v) is 16.4. The second-order valence-electron chi connectivity index (χ2n) is 11.0. The Balaban J connectivity index is 1.91. The van der Waals surface area contributed by atoms with Crippen LogP contribution in [0.25, 0.3) is 0 Å². The Morgan fingerprint density at radius 2 is 1.91 bits per heavy atom. The molecule has 3 unspecified atom stereocenters. The van der Waals surface area contributed by atoms with Crippen molar-refractivity contribution in [2.75, 3.05) is 59.7 Å². The average molecular weight is 718 g/mol. The van der Waals surface area contributed by atoms with E-state index in [1.165, 1.54) is 7.11 Å². The number of nitrogens with one attached hydrogen (secondary N) is 1. The highest BCUT2D eigenvalue weighted by atomic mass is 127. The molecular weight excluding hydrogens is 669 g/mol. The lowest BCUT2D eigenvalue weighted by molar-refractivity contribution is -0.139. The Bertz CT molecular complexity index is 1070. The number of aliphatic hydroxyl groups excluding tert-OH is 3. The molecule has 1 aromatic rings. The molecular formula is C31H48IN3O8. The summed E-state index contributed by atoms with van der Waals surface area (Å²) in [5, 5.41) is 33.4. The number of unbranched alkanes of at least 4 members (excludes halogenated alkanes) is 4. The summed E-state index contributed by atoms with van der Waals surface area (Å²) in [7, 11) is 1.50. The van der Waals surface area contributed by atoms with E-state index in [2.05, 4.69) is 39.7 Å². The van der Waals surface area contributed by atoms with Gasteiger partial charge >= 0.3 is 0 Å².